The smallest absolute Gasteiger partial charge is 0.272 e. The van der Waals surface area contributed by atoms with Crippen LogP contribution in [0.3, 0.4) is 0 Å². The van der Waals surface area contributed by atoms with Crippen LogP contribution in [-0.2, 0) is 19.1 Å². The second-order valence-electron chi connectivity index (χ2n) is 6.52. The molecule has 0 heterocycles. The molecule has 0 aromatic rings. The molecular weight excluding hydrogens is 318 g/mol. The molecule has 0 spiro atoms. The van der Waals surface area contributed by atoms with Crippen molar-refractivity contribution in [2.45, 2.75) is 51.9 Å². The maximum absolute atomic E-state index is 12.6. The highest BCUT2D eigenvalue weighted by Crippen LogP contribution is 2.19. The number of nitrogens with one attached hydrogen (secondary N) is 3. The number of carbonyl (C=O) groups excluding carboxylic acids is 3. The first-order valence-electron chi connectivity index (χ1n) is 7.70. The molecule has 0 aromatic carbocycles. The van der Waals surface area contributed by atoms with Crippen LogP contribution in [0.1, 0.15) is 34.1 Å². The molecule has 0 saturated heterocycles. The molecule has 3 atom stereocenters. The summed E-state index contributed by atoms with van der Waals surface area (Å²) >= 11 is 0. The summed E-state index contributed by atoms with van der Waals surface area (Å²) in [4.78, 5) is 36.1. The molecule has 9 heteroatoms. The number of rotatable bonds is 9. The van der Waals surface area contributed by atoms with Crippen LogP contribution in [0.4, 0.5) is 0 Å². The summed E-state index contributed by atoms with van der Waals surface area (Å²) in [6.07, 6.45) is -1.55. The van der Waals surface area contributed by atoms with Crippen molar-refractivity contribution in [2.24, 2.45) is 11.8 Å². The first-order chi connectivity index (χ1) is 11.0. The summed E-state index contributed by atoms with van der Waals surface area (Å²) in [7, 11) is 2.83. The van der Waals surface area contributed by atoms with Gasteiger partial charge in [0.25, 0.3) is 5.91 Å². The second-order valence-corrected chi connectivity index (χ2v) is 6.52. The van der Waals surface area contributed by atoms with Crippen molar-refractivity contribution in [3.05, 3.63) is 0 Å². The molecule has 140 valence electrons. The predicted octanol–water partition coefficient (Wildman–Crippen LogP) is -0.829. The quantitative estimate of drug-likeness (QED) is 0.273. The number of carbonyl (C=O) groups is 3. The van der Waals surface area contributed by atoms with Gasteiger partial charge < -0.3 is 20.5 Å². The zero-order chi connectivity index (χ0) is 19.1. The molecule has 0 aliphatic carbocycles. The van der Waals surface area contributed by atoms with E-state index in [1.165, 1.54) is 19.6 Å². The molecular formula is C15H29N3O6. The number of hydroxylamine groups is 1. The monoisotopic (exact) mass is 347 g/mol. The average molecular weight is 347 g/mol. The first-order valence-corrected chi connectivity index (χ1v) is 7.70. The minimum Gasteiger partial charge on any atom is -0.382 e. The number of hydrogen-bond acceptors (Lipinski definition) is 6. The summed E-state index contributed by atoms with van der Waals surface area (Å²) in [5.74, 6) is -3.37. The van der Waals surface area contributed by atoms with Crippen LogP contribution in [0.5, 0.6) is 0 Å². The molecule has 0 radical (unpaired) electrons. The maximum Gasteiger partial charge on any atom is 0.272 e. The van der Waals surface area contributed by atoms with Gasteiger partial charge >= 0.3 is 0 Å². The third-order valence-electron chi connectivity index (χ3n) is 3.84. The maximum atomic E-state index is 12.6. The van der Waals surface area contributed by atoms with Crippen LogP contribution in [0, 0.1) is 11.8 Å². The largest absolute Gasteiger partial charge is 0.382 e. The second kappa shape index (κ2) is 9.55. The molecule has 0 saturated carbocycles. The Labute approximate surface area is 142 Å². The van der Waals surface area contributed by atoms with E-state index in [1.54, 1.807) is 13.8 Å². The molecule has 5 N–H and O–H groups in total. The lowest BCUT2D eigenvalue weighted by atomic mass is 9.89. The van der Waals surface area contributed by atoms with Crippen molar-refractivity contribution in [3.63, 3.8) is 0 Å². The highest BCUT2D eigenvalue weighted by atomic mass is 16.5. The Balaban J connectivity index is 5.45. The number of amides is 3. The third kappa shape index (κ3) is 6.06. The van der Waals surface area contributed by atoms with Gasteiger partial charge in [-0.2, -0.15) is 0 Å². The number of likely N-dealkylation sites (N-methyl/N-ethyl adjacent to an activating group) is 1. The lowest BCUT2D eigenvalue weighted by Gasteiger charge is -2.34. The van der Waals surface area contributed by atoms with Gasteiger partial charge in [0.05, 0.1) is 11.5 Å². The number of ether oxygens (including phenoxy) is 1. The molecule has 0 fully saturated rings. The SMILES string of the molecule is CNC(=O)C(NC(=O)[C@H](CC(C)C)[C@H](O)C(=O)NO)C(C)(C)OC. The van der Waals surface area contributed by atoms with Crippen molar-refractivity contribution < 1.29 is 29.4 Å². The zero-order valence-corrected chi connectivity index (χ0v) is 15.0. The van der Waals surface area contributed by atoms with Crippen molar-refractivity contribution >= 4 is 17.7 Å². The van der Waals surface area contributed by atoms with Gasteiger partial charge in [-0.1, -0.05) is 13.8 Å². The van der Waals surface area contributed by atoms with Gasteiger partial charge in [-0.05, 0) is 26.2 Å². The Kier molecular flexibility index (Phi) is 8.87. The molecule has 1 unspecified atom stereocenters. The predicted molar refractivity (Wildman–Crippen MR) is 86.0 cm³/mol. The highest BCUT2D eigenvalue weighted by molar-refractivity contribution is 5.92. The number of aliphatic hydroxyl groups excluding tert-OH is 1. The van der Waals surface area contributed by atoms with Gasteiger partial charge in [0.15, 0.2) is 0 Å². The molecule has 24 heavy (non-hydrogen) atoms. The van der Waals surface area contributed by atoms with Crippen LogP contribution in [-0.4, -0.2) is 59.9 Å². The van der Waals surface area contributed by atoms with Crippen LogP contribution >= 0.6 is 0 Å². The molecule has 9 nitrogen and oxygen atoms in total. The molecule has 0 aliphatic heterocycles. The molecule has 0 aliphatic rings. The number of hydrogen-bond donors (Lipinski definition) is 5. The fourth-order valence-electron chi connectivity index (χ4n) is 2.20. The summed E-state index contributed by atoms with van der Waals surface area (Å²) in [5.41, 5.74) is 0.318. The van der Waals surface area contributed by atoms with E-state index >= 15 is 0 Å². The average Bonchev–Trinajstić information content (AvgIpc) is 2.54. The zero-order valence-electron chi connectivity index (χ0n) is 15.0. The summed E-state index contributed by atoms with van der Waals surface area (Å²) in [5, 5.41) is 23.6. The minimum atomic E-state index is -1.74. The lowest BCUT2D eigenvalue weighted by Crippen LogP contribution is -2.60. The summed E-state index contributed by atoms with van der Waals surface area (Å²) < 4.78 is 5.26. The molecule has 0 rings (SSSR count). The van der Waals surface area contributed by atoms with E-state index in [1.807, 2.05) is 13.8 Å². The normalized spacial score (nSPS) is 15.4. The van der Waals surface area contributed by atoms with E-state index in [9.17, 15) is 19.5 Å². The van der Waals surface area contributed by atoms with Gasteiger partial charge in [-0.15, -0.1) is 0 Å². The van der Waals surface area contributed by atoms with Crippen LogP contribution in [0.25, 0.3) is 0 Å². The third-order valence-corrected chi connectivity index (χ3v) is 3.84. The molecule has 0 aromatic heterocycles. The van der Waals surface area contributed by atoms with Gasteiger partial charge in [-0.3, -0.25) is 19.6 Å². The number of methoxy groups -OCH3 is 1. The van der Waals surface area contributed by atoms with Crippen LogP contribution < -0.4 is 16.1 Å². The van der Waals surface area contributed by atoms with E-state index in [-0.39, 0.29) is 12.3 Å². The van der Waals surface area contributed by atoms with Crippen molar-refractivity contribution in [3.8, 4) is 0 Å². The van der Waals surface area contributed by atoms with Gasteiger partial charge in [0.1, 0.15) is 12.1 Å². The van der Waals surface area contributed by atoms with E-state index in [2.05, 4.69) is 10.6 Å². The first kappa shape index (κ1) is 22.3. The van der Waals surface area contributed by atoms with E-state index < -0.39 is 41.4 Å². The Morgan fingerprint density at radius 1 is 1.12 bits per heavy atom. The summed E-state index contributed by atoms with van der Waals surface area (Å²) in [6, 6.07) is -1.03. The van der Waals surface area contributed by atoms with Gasteiger partial charge in [-0.25, -0.2) is 5.48 Å². The van der Waals surface area contributed by atoms with E-state index in [0.29, 0.717) is 0 Å². The fraction of sp³-hybridized carbons (Fsp3) is 0.800. The Bertz CT molecular complexity index is 452. The summed E-state index contributed by atoms with van der Waals surface area (Å²) in [6.45, 7) is 6.89. The van der Waals surface area contributed by atoms with E-state index in [0.717, 1.165) is 0 Å². The Morgan fingerprint density at radius 2 is 1.67 bits per heavy atom. The number of aliphatic hydroxyl groups is 1. The minimum absolute atomic E-state index is 0.00391. The van der Waals surface area contributed by atoms with Gasteiger partial charge in [0, 0.05) is 14.2 Å². The van der Waals surface area contributed by atoms with Crippen LogP contribution in [0.2, 0.25) is 0 Å². The standard InChI is InChI=1S/C15H29N3O6/c1-8(2)7-9(10(19)13(21)18-23)12(20)17-11(14(22)16-5)15(3,4)24-6/h8-11,19,23H,7H2,1-6H3,(H,16,22)(H,17,20)(H,18,21)/t9-,10+,11?/m1/s1. The van der Waals surface area contributed by atoms with Crippen LogP contribution in [0.15, 0.2) is 0 Å². The van der Waals surface area contributed by atoms with Crippen molar-refractivity contribution in [1.82, 2.24) is 16.1 Å². The molecule has 0 bridgehead atoms. The topological polar surface area (TPSA) is 137 Å². The molecule has 3 amide bonds. The Hall–Kier alpha value is -1.71. The highest BCUT2D eigenvalue weighted by Gasteiger charge is 2.40. The lowest BCUT2D eigenvalue weighted by molar-refractivity contribution is -0.148. The van der Waals surface area contributed by atoms with Gasteiger partial charge in [0.2, 0.25) is 11.8 Å². The van der Waals surface area contributed by atoms with Crippen molar-refractivity contribution in [2.75, 3.05) is 14.2 Å². The fourth-order valence-corrected chi connectivity index (χ4v) is 2.20. The Morgan fingerprint density at radius 3 is 2.04 bits per heavy atom. The van der Waals surface area contributed by atoms with E-state index in [4.69, 9.17) is 9.94 Å². The van der Waals surface area contributed by atoms with Crippen molar-refractivity contribution in [1.29, 1.82) is 0 Å².